The number of hydrogen-bond acceptors (Lipinski definition) is 3. The molecule has 0 aliphatic carbocycles. The molecule has 0 atom stereocenters. The molecule has 0 radical (unpaired) electrons. The maximum absolute atomic E-state index is 5.49. The lowest BCUT2D eigenvalue weighted by atomic mass is 9.97. The Balaban J connectivity index is 2.17. The van der Waals surface area contributed by atoms with Gasteiger partial charge in [0, 0.05) is 17.3 Å². The van der Waals surface area contributed by atoms with Gasteiger partial charge in [-0.15, -0.1) is 10.2 Å². The summed E-state index contributed by atoms with van der Waals surface area (Å²) in [6.07, 6.45) is 3.73. The van der Waals surface area contributed by atoms with Crippen LogP contribution in [0.1, 0.15) is 25.3 Å². The van der Waals surface area contributed by atoms with Crippen LogP contribution in [0.4, 0.5) is 0 Å². The van der Waals surface area contributed by atoms with Crippen LogP contribution >= 0.6 is 0 Å². The Morgan fingerprint density at radius 2 is 2.00 bits per heavy atom. The number of rotatable bonds is 3. The number of methoxy groups -OCH3 is 1. The Kier molecular flexibility index (Phi) is 3.14. The summed E-state index contributed by atoms with van der Waals surface area (Å²) in [5, 5.41) is 7.93. The topological polar surface area (TPSA) is 39.4 Å². The first-order valence-corrected chi connectivity index (χ1v) is 6.66. The minimum absolute atomic E-state index is 0.485. The van der Waals surface area contributed by atoms with E-state index in [-0.39, 0.29) is 0 Å². The summed E-state index contributed by atoms with van der Waals surface area (Å²) >= 11 is 0. The van der Waals surface area contributed by atoms with Crippen molar-refractivity contribution in [1.82, 2.24) is 14.6 Å². The van der Waals surface area contributed by atoms with Crippen molar-refractivity contribution in [1.29, 1.82) is 0 Å². The zero-order chi connectivity index (χ0) is 14.1. The molecule has 0 aliphatic rings. The molecule has 0 unspecified atom stereocenters. The largest absolute Gasteiger partial charge is 0.496 e. The third-order valence-corrected chi connectivity index (χ3v) is 3.49. The fourth-order valence-corrected chi connectivity index (χ4v) is 2.30. The van der Waals surface area contributed by atoms with E-state index in [1.165, 1.54) is 5.56 Å². The number of ether oxygens (including phenoxy) is 1. The SMILES string of the molecule is COc1ccc(C(C)C)cc1-c1ccc2nncn2c1. The van der Waals surface area contributed by atoms with E-state index in [0.717, 1.165) is 22.5 Å². The molecule has 3 rings (SSSR count). The molecule has 4 heteroatoms. The van der Waals surface area contributed by atoms with Gasteiger partial charge in [-0.2, -0.15) is 0 Å². The molecule has 3 aromatic rings. The van der Waals surface area contributed by atoms with Crippen molar-refractivity contribution < 1.29 is 4.74 Å². The van der Waals surface area contributed by atoms with Gasteiger partial charge >= 0.3 is 0 Å². The first kappa shape index (κ1) is 12.7. The van der Waals surface area contributed by atoms with Gasteiger partial charge in [-0.25, -0.2) is 0 Å². The van der Waals surface area contributed by atoms with Crippen molar-refractivity contribution in [3.63, 3.8) is 0 Å². The minimum atomic E-state index is 0.485. The van der Waals surface area contributed by atoms with E-state index in [4.69, 9.17) is 4.74 Å². The summed E-state index contributed by atoms with van der Waals surface area (Å²) in [5.41, 5.74) is 4.32. The van der Waals surface area contributed by atoms with Crippen LogP contribution in [0.3, 0.4) is 0 Å². The van der Waals surface area contributed by atoms with Crippen LogP contribution < -0.4 is 4.74 Å². The number of aromatic nitrogens is 3. The van der Waals surface area contributed by atoms with E-state index in [0.29, 0.717) is 5.92 Å². The van der Waals surface area contributed by atoms with Crippen molar-refractivity contribution in [3.8, 4) is 16.9 Å². The second kappa shape index (κ2) is 4.96. The van der Waals surface area contributed by atoms with Crippen LogP contribution in [0.2, 0.25) is 0 Å². The van der Waals surface area contributed by atoms with E-state index < -0.39 is 0 Å². The molecule has 0 bridgehead atoms. The molecule has 20 heavy (non-hydrogen) atoms. The smallest absolute Gasteiger partial charge is 0.160 e. The fraction of sp³-hybridized carbons (Fsp3) is 0.250. The zero-order valence-electron chi connectivity index (χ0n) is 11.9. The summed E-state index contributed by atoms with van der Waals surface area (Å²) in [5.74, 6) is 1.36. The number of hydrogen-bond donors (Lipinski definition) is 0. The lowest BCUT2D eigenvalue weighted by Crippen LogP contribution is -1.94. The molecule has 2 aromatic heterocycles. The summed E-state index contributed by atoms with van der Waals surface area (Å²) < 4.78 is 7.40. The third kappa shape index (κ3) is 2.13. The van der Waals surface area contributed by atoms with Gasteiger partial charge in [0.05, 0.1) is 7.11 Å². The van der Waals surface area contributed by atoms with E-state index in [2.05, 4.69) is 36.2 Å². The van der Waals surface area contributed by atoms with Gasteiger partial charge in [-0.1, -0.05) is 19.9 Å². The maximum atomic E-state index is 5.49. The molecule has 0 spiro atoms. The second-order valence-electron chi connectivity index (χ2n) is 5.13. The highest BCUT2D eigenvalue weighted by Crippen LogP contribution is 2.32. The maximum Gasteiger partial charge on any atom is 0.160 e. The molecule has 2 heterocycles. The molecule has 0 fully saturated rings. The van der Waals surface area contributed by atoms with E-state index in [1.54, 1.807) is 13.4 Å². The molecule has 0 amide bonds. The molecule has 102 valence electrons. The summed E-state index contributed by atoms with van der Waals surface area (Å²) in [4.78, 5) is 0. The number of benzene rings is 1. The van der Waals surface area contributed by atoms with E-state index in [9.17, 15) is 0 Å². The van der Waals surface area contributed by atoms with Gasteiger partial charge in [0.15, 0.2) is 5.65 Å². The van der Waals surface area contributed by atoms with E-state index >= 15 is 0 Å². The average molecular weight is 267 g/mol. The Morgan fingerprint density at radius 3 is 2.75 bits per heavy atom. The van der Waals surface area contributed by atoms with Gasteiger partial charge in [-0.05, 0) is 35.7 Å². The lowest BCUT2D eigenvalue weighted by molar-refractivity contribution is 0.416. The highest BCUT2D eigenvalue weighted by Gasteiger charge is 2.10. The quantitative estimate of drug-likeness (QED) is 0.728. The van der Waals surface area contributed by atoms with Crippen LogP contribution in [-0.2, 0) is 0 Å². The minimum Gasteiger partial charge on any atom is -0.496 e. The third-order valence-electron chi connectivity index (χ3n) is 3.49. The van der Waals surface area contributed by atoms with Crippen LogP contribution in [0.25, 0.3) is 16.8 Å². The Labute approximate surface area is 118 Å². The molecule has 1 aromatic carbocycles. The van der Waals surface area contributed by atoms with Gasteiger partial charge in [-0.3, -0.25) is 4.40 Å². The molecule has 4 nitrogen and oxygen atoms in total. The predicted octanol–water partition coefficient (Wildman–Crippen LogP) is 3.53. The monoisotopic (exact) mass is 267 g/mol. The van der Waals surface area contributed by atoms with Gasteiger partial charge in [0.2, 0.25) is 0 Å². The molecule has 0 saturated carbocycles. The number of nitrogens with zero attached hydrogens (tertiary/aromatic N) is 3. The predicted molar refractivity (Wildman–Crippen MR) is 79.1 cm³/mol. The van der Waals surface area contributed by atoms with Crippen molar-refractivity contribution >= 4 is 5.65 Å². The molecule has 0 saturated heterocycles. The summed E-state index contributed by atoms with van der Waals surface area (Å²) in [7, 11) is 1.70. The summed E-state index contributed by atoms with van der Waals surface area (Å²) in [6, 6.07) is 10.3. The van der Waals surface area contributed by atoms with Crippen LogP contribution in [-0.4, -0.2) is 21.7 Å². The average Bonchev–Trinajstić information content (AvgIpc) is 2.93. The second-order valence-corrected chi connectivity index (χ2v) is 5.13. The highest BCUT2D eigenvalue weighted by atomic mass is 16.5. The van der Waals surface area contributed by atoms with Crippen LogP contribution in [0, 0.1) is 0 Å². The lowest BCUT2D eigenvalue weighted by Gasteiger charge is -2.13. The van der Waals surface area contributed by atoms with Crippen molar-refractivity contribution in [3.05, 3.63) is 48.4 Å². The molecular weight excluding hydrogens is 250 g/mol. The normalized spacial score (nSPS) is 11.2. The zero-order valence-corrected chi connectivity index (χ0v) is 11.9. The number of pyridine rings is 1. The van der Waals surface area contributed by atoms with E-state index in [1.807, 2.05) is 28.8 Å². The first-order chi connectivity index (χ1) is 9.69. The van der Waals surface area contributed by atoms with Gasteiger partial charge < -0.3 is 4.74 Å². The van der Waals surface area contributed by atoms with Crippen molar-refractivity contribution in [2.75, 3.05) is 7.11 Å². The van der Waals surface area contributed by atoms with Crippen LogP contribution in [0.5, 0.6) is 5.75 Å². The molecular formula is C16H17N3O. The van der Waals surface area contributed by atoms with Crippen LogP contribution in [0.15, 0.2) is 42.9 Å². The fourth-order valence-electron chi connectivity index (χ4n) is 2.30. The number of fused-ring (bicyclic) bond motifs is 1. The first-order valence-electron chi connectivity index (χ1n) is 6.66. The summed E-state index contributed by atoms with van der Waals surface area (Å²) in [6.45, 7) is 4.38. The highest BCUT2D eigenvalue weighted by molar-refractivity contribution is 5.72. The Bertz CT molecular complexity index is 746. The van der Waals surface area contributed by atoms with Gasteiger partial charge in [0.25, 0.3) is 0 Å². The molecule has 0 aliphatic heterocycles. The Morgan fingerprint density at radius 1 is 1.15 bits per heavy atom. The molecule has 0 N–H and O–H groups in total. The van der Waals surface area contributed by atoms with Gasteiger partial charge in [0.1, 0.15) is 12.1 Å². The Hall–Kier alpha value is -2.36. The standard InChI is InChI=1S/C16H17N3O/c1-11(2)12-4-6-15(20-3)14(8-12)13-5-7-16-18-17-10-19(16)9-13/h4-11H,1-3H3. The van der Waals surface area contributed by atoms with Crippen molar-refractivity contribution in [2.24, 2.45) is 0 Å². The van der Waals surface area contributed by atoms with Crippen molar-refractivity contribution in [2.45, 2.75) is 19.8 Å².